The zero-order chi connectivity index (χ0) is 21.0. The standard InChI is InChI=1S/C25H25N5O/c31-25(21-9-6-12-26-17-21)29-15-13-28(14-16-29)19-24-27-22-10-4-5-11-23(22)30(24)18-20-7-2-1-3-8-20/h1-12,17H,13-16,18-19H2. The molecule has 1 saturated heterocycles. The molecular weight excluding hydrogens is 386 g/mol. The monoisotopic (exact) mass is 411 g/mol. The number of imidazole rings is 1. The van der Waals surface area contributed by atoms with E-state index >= 15 is 0 Å². The predicted molar refractivity (Wildman–Crippen MR) is 121 cm³/mol. The Morgan fingerprint density at radius 1 is 0.839 bits per heavy atom. The molecule has 0 saturated carbocycles. The van der Waals surface area contributed by atoms with Crippen LogP contribution in [-0.2, 0) is 13.1 Å². The summed E-state index contributed by atoms with van der Waals surface area (Å²) < 4.78 is 2.32. The van der Waals surface area contributed by atoms with Crippen molar-refractivity contribution in [1.82, 2.24) is 24.3 Å². The first-order valence-electron chi connectivity index (χ1n) is 10.7. The third kappa shape index (κ3) is 4.20. The van der Waals surface area contributed by atoms with Crippen LogP contribution in [0.3, 0.4) is 0 Å². The van der Waals surface area contributed by atoms with Crippen molar-refractivity contribution in [3.05, 3.63) is 96.1 Å². The van der Waals surface area contributed by atoms with E-state index in [9.17, 15) is 4.79 Å². The van der Waals surface area contributed by atoms with Crippen LogP contribution in [0.15, 0.2) is 79.1 Å². The molecule has 0 N–H and O–H groups in total. The summed E-state index contributed by atoms with van der Waals surface area (Å²) >= 11 is 0. The first-order chi connectivity index (χ1) is 15.3. The zero-order valence-electron chi connectivity index (χ0n) is 17.4. The van der Waals surface area contributed by atoms with Crippen LogP contribution >= 0.6 is 0 Å². The fourth-order valence-corrected chi connectivity index (χ4v) is 4.17. The number of nitrogens with zero attached hydrogens (tertiary/aromatic N) is 5. The maximum atomic E-state index is 12.7. The smallest absolute Gasteiger partial charge is 0.255 e. The molecule has 1 aliphatic heterocycles. The van der Waals surface area contributed by atoms with Gasteiger partial charge in [0.1, 0.15) is 5.82 Å². The second-order valence-electron chi connectivity index (χ2n) is 7.90. The lowest BCUT2D eigenvalue weighted by Gasteiger charge is -2.34. The van der Waals surface area contributed by atoms with E-state index in [0.29, 0.717) is 18.7 Å². The topological polar surface area (TPSA) is 54.3 Å². The molecule has 5 rings (SSSR count). The average Bonchev–Trinajstić information content (AvgIpc) is 3.17. The summed E-state index contributed by atoms with van der Waals surface area (Å²) in [7, 11) is 0. The molecule has 1 aliphatic rings. The number of fused-ring (bicyclic) bond motifs is 1. The Balaban J connectivity index is 1.31. The van der Waals surface area contributed by atoms with Crippen molar-refractivity contribution in [2.45, 2.75) is 13.1 Å². The molecule has 156 valence electrons. The van der Waals surface area contributed by atoms with Gasteiger partial charge in [0.2, 0.25) is 0 Å². The van der Waals surface area contributed by atoms with Gasteiger partial charge in [-0.1, -0.05) is 42.5 Å². The number of piperazine rings is 1. The van der Waals surface area contributed by atoms with Gasteiger partial charge in [0.05, 0.1) is 23.1 Å². The number of carbonyl (C=O) groups excluding carboxylic acids is 1. The number of hydrogen-bond donors (Lipinski definition) is 0. The molecular formula is C25H25N5O. The summed E-state index contributed by atoms with van der Waals surface area (Å²) in [6.45, 7) is 4.67. The quantitative estimate of drug-likeness (QED) is 0.505. The van der Waals surface area contributed by atoms with E-state index in [2.05, 4.69) is 56.9 Å². The van der Waals surface area contributed by atoms with Crippen LogP contribution in [0.4, 0.5) is 0 Å². The first-order valence-corrected chi connectivity index (χ1v) is 10.7. The summed E-state index contributed by atoms with van der Waals surface area (Å²) in [4.78, 5) is 26.0. The van der Waals surface area contributed by atoms with E-state index in [1.807, 2.05) is 23.1 Å². The van der Waals surface area contributed by atoms with Gasteiger partial charge in [0.15, 0.2) is 0 Å². The lowest BCUT2D eigenvalue weighted by atomic mass is 10.2. The Bertz CT molecular complexity index is 1160. The van der Waals surface area contributed by atoms with Gasteiger partial charge in [0, 0.05) is 45.1 Å². The Hall–Kier alpha value is -3.51. The Morgan fingerprint density at radius 3 is 2.39 bits per heavy atom. The molecule has 4 aromatic rings. The van der Waals surface area contributed by atoms with Gasteiger partial charge in [-0.25, -0.2) is 4.98 Å². The molecule has 2 aromatic carbocycles. The molecule has 0 radical (unpaired) electrons. The maximum Gasteiger partial charge on any atom is 0.255 e. The van der Waals surface area contributed by atoms with Crippen LogP contribution in [0.5, 0.6) is 0 Å². The summed E-state index contributed by atoms with van der Waals surface area (Å²) in [6.07, 6.45) is 3.33. The van der Waals surface area contributed by atoms with Gasteiger partial charge in [-0.2, -0.15) is 0 Å². The number of amides is 1. The second kappa shape index (κ2) is 8.70. The van der Waals surface area contributed by atoms with E-state index in [0.717, 1.165) is 43.0 Å². The molecule has 0 bridgehead atoms. The fourth-order valence-electron chi connectivity index (χ4n) is 4.17. The zero-order valence-corrected chi connectivity index (χ0v) is 17.4. The van der Waals surface area contributed by atoms with Gasteiger partial charge in [0.25, 0.3) is 5.91 Å². The van der Waals surface area contributed by atoms with Crippen molar-refractivity contribution in [2.24, 2.45) is 0 Å². The van der Waals surface area contributed by atoms with Crippen LogP contribution < -0.4 is 0 Å². The number of hydrogen-bond acceptors (Lipinski definition) is 4. The van der Waals surface area contributed by atoms with E-state index in [1.165, 1.54) is 5.56 Å². The molecule has 6 nitrogen and oxygen atoms in total. The number of para-hydroxylation sites is 2. The molecule has 0 unspecified atom stereocenters. The fraction of sp³-hybridized carbons (Fsp3) is 0.240. The molecule has 0 aliphatic carbocycles. The third-order valence-electron chi connectivity index (χ3n) is 5.85. The minimum Gasteiger partial charge on any atom is -0.336 e. The molecule has 31 heavy (non-hydrogen) atoms. The highest BCUT2D eigenvalue weighted by Crippen LogP contribution is 2.20. The van der Waals surface area contributed by atoms with Crippen molar-refractivity contribution in [1.29, 1.82) is 0 Å². The highest BCUT2D eigenvalue weighted by atomic mass is 16.2. The molecule has 1 amide bonds. The van der Waals surface area contributed by atoms with Gasteiger partial charge < -0.3 is 9.47 Å². The van der Waals surface area contributed by atoms with Crippen LogP contribution in [0.1, 0.15) is 21.7 Å². The number of aromatic nitrogens is 3. The van der Waals surface area contributed by atoms with Crippen LogP contribution in [-0.4, -0.2) is 56.4 Å². The van der Waals surface area contributed by atoms with Crippen LogP contribution in [0.2, 0.25) is 0 Å². The normalized spacial score (nSPS) is 14.8. The Morgan fingerprint density at radius 2 is 1.61 bits per heavy atom. The van der Waals surface area contributed by atoms with Gasteiger partial charge in [-0.3, -0.25) is 14.7 Å². The number of carbonyl (C=O) groups is 1. The summed E-state index contributed by atoms with van der Waals surface area (Å²) in [5.41, 5.74) is 4.10. The average molecular weight is 412 g/mol. The Kier molecular flexibility index (Phi) is 5.46. The summed E-state index contributed by atoms with van der Waals surface area (Å²) in [5.74, 6) is 1.13. The number of benzene rings is 2. The third-order valence-corrected chi connectivity index (χ3v) is 5.85. The van der Waals surface area contributed by atoms with Crippen molar-refractivity contribution in [2.75, 3.05) is 26.2 Å². The second-order valence-corrected chi connectivity index (χ2v) is 7.90. The SMILES string of the molecule is O=C(c1cccnc1)N1CCN(Cc2nc3ccccc3n2Cc2ccccc2)CC1. The van der Waals surface area contributed by atoms with Crippen LogP contribution in [0.25, 0.3) is 11.0 Å². The van der Waals surface area contributed by atoms with Crippen molar-refractivity contribution in [3.63, 3.8) is 0 Å². The summed E-state index contributed by atoms with van der Waals surface area (Å²) in [5, 5.41) is 0. The van der Waals surface area contributed by atoms with E-state index in [1.54, 1.807) is 18.5 Å². The molecule has 3 heterocycles. The maximum absolute atomic E-state index is 12.7. The minimum absolute atomic E-state index is 0.0593. The van der Waals surface area contributed by atoms with Gasteiger partial charge in [-0.05, 0) is 29.8 Å². The highest BCUT2D eigenvalue weighted by molar-refractivity contribution is 5.93. The van der Waals surface area contributed by atoms with E-state index < -0.39 is 0 Å². The highest BCUT2D eigenvalue weighted by Gasteiger charge is 2.23. The molecule has 0 spiro atoms. The molecule has 2 aromatic heterocycles. The number of pyridine rings is 1. The first kappa shape index (κ1) is 19.5. The van der Waals surface area contributed by atoms with Crippen molar-refractivity contribution < 1.29 is 4.79 Å². The van der Waals surface area contributed by atoms with Gasteiger partial charge in [-0.15, -0.1) is 0 Å². The molecule has 1 fully saturated rings. The predicted octanol–water partition coefficient (Wildman–Crippen LogP) is 3.44. The Labute approximate surface area is 181 Å². The van der Waals surface area contributed by atoms with Gasteiger partial charge >= 0.3 is 0 Å². The van der Waals surface area contributed by atoms with Crippen LogP contribution in [0, 0.1) is 0 Å². The minimum atomic E-state index is 0.0593. The lowest BCUT2D eigenvalue weighted by Crippen LogP contribution is -2.48. The molecule has 0 atom stereocenters. The van der Waals surface area contributed by atoms with Crippen molar-refractivity contribution >= 4 is 16.9 Å². The van der Waals surface area contributed by atoms with Crippen molar-refractivity contribution in [3.8, 4) is 0 Å². The van der Waals surface area contributed by atoms with E-state index in [4.69, 9.17) is 4.98 Å². The largest absolute Gasteiger partial charge is 0.336 e. The van der Waals surface area contributed by atoms with E-state index in [-0.39, 0.29) is 5.91 Å². The number of rotatable bonds is 5. The lowest BCUT2D eigenvalue weighted by molar-refractivity contribution is 0.0624. The molecule has 6 heteroatoms. The summed E-state index contributed by atoms with van der Waals surface area (Å²) in [6, 6.07) is 22.5.